The predicted molar refractivity (Wildman–Crippen MR) is 65.7 cm³/mol. The number of halogens is 1. The molecule has 0 radical (unpaired) electrons. The highest BCUT2D eigenvalue weighted by Crippen LogP contribution is 2.15. The van der Waals surface area contributed by atoms with Crippen LogP contribution < -0.4 is 11.5 Å². The average molecular weight is 245 g/mol. The van der Waals surface area contributed by atoms with E-state index in [2.05, 4.69) is 4.99 Å². The molecular weight excluding hydrogens is 225 g/mol. The van der Waals surface area contributed by atoms with E-state index in [1.165, 1.54) is 6.92 Å². The standard InChI is InChI=1S/C11H20FN3O2/c1-8(13)15-5-3-4-9(7-12)6-11(2,14)10(16)17/h4H,3,5-7,14H2,1-2H3,(H2,13,15)(H,16,17)/b9-4-/t11-/m0/s1. The van der Waals surface area contributed by atoms with Gasteiger partial charge in [-0.05, 0) is 32.3 Å². The Bertz CT molecular complexity index is 321. The Hall–Kier alpha value is -1.43. The summed E-state index contributed by atoms with van der Waals surface area (Å²) in [4.78, 5) is 14.7. The zero-order valence-electron chi connectivity index (χ0n) is 10.2. The molecule has 0 aliphatic rings. The van der Waals surface area contributed by atoms with Crippen LogP contribution >= 0.6 is 0 Å². The van der Waals surface area contributed by atoms with Gasteiger partial charge in [-0.2, -0.15) is 0 Å². The zero-order chi connectivity index (χ0) is 13.5. The fourth-order valence-corrected chi connectivity index (χ4v) is 1.23. The molecule has 0 heterocycles. The summed E-state index contributed by atoms with van der Waals surface area (Å²) in [5.41, 5.74) is 9.81. The monoisotopic (exact) mass is 245 g/mol. The van der Waals surface area contributed by atoms with Crippen molar-refractivity contribution in [3.63, 3.8) is 0 Å². The summed E-state index contributed by atoms with van der Waals surface area (Å²) in [5, 5.41) is 8.82. The minimum atomic E-state index is -1.44. The van der Waals surface area contributed by atoms with E-state index in [9.17, 15) is 9.18 Å². The molecule has 5 N–H and O–H groups in total. The lowest BCUT2D eigenvalue weighted by molar-refractivity contribution is -0.142. The third kappa shape index (κ3) is 6.68. The average Bonchev–Trinajstić information content (AvgIpc) is 2.21. The van der Waals surface area contributed by atoms with Gasteiger partial charge in [-0.15, -0.1) is 0 Å². The normalized spacial score (nSPS) is 16.7. The fraction of sp³-hybridized carbons (Fsp3) is 0.636. The molecule has 0 spiro atoms. The van der Waals surface area contributed by atoms with Crippen LogP contribution in [-0.4, -0.2) is 35.7 Å². The van der Waals surface area contributed by atoms with Gasteiger partial charge in [0, 0.05) is 6.54 Å². The highest BCUT2D eigenvalue weighted by molar-refractivity contribution is 5.78. The van der Waals surface area contributed by atoms with Gasteiger partial charge in [0.2, 0.25) is 0 Å². The van der Waals surface area contributed by atoms with Crippen LogP contribution in [0.1, 0.15) is 26.7 Å². The second-order valence-electron chi connectivity index (χ2n) is 4.21. The topological polar surface area (TPSA) is 102 Å². The Morgan fingerprint density at radius 1 is 1.59 bits per heavy atom. The van der Waals surface area contributed by atoms with Crippen molar-refractivity contribution in [1.29, 1.82) is 0 Å². The highest BCUT2D eigenvalue weighted by atomic mass is 19.1. The quantitative estimate of drug-likeness (QED) is 0.268. The third-order valence-corrected chi connectivity index (χ3v) is 2.18. The molecule has 0 fully saturated rings. The SMILES string of the molecule is CC(N)=NCC/C=C(\CF)C[C@](C)(N)C(=O)O. The van der Waals surface area contributed by atoms with Gasteiger partial charge in [0.1, 0.15) is 12.2 Å². The highest BCUT2D eigenvalue weighted by Gasteiger charge is 2.28. The Labute approximate surface area is 100 Å². The summed E-state index contributed by atoms with van der Waals surface area (Å²) < 4.78 is 12.7. The number of carboxylic acid groups (broad SMARTS) is 1. The van der Waals surface area contributed by atoms with Crippen LogP contribution in [0.5, 0.6) is 0 Å². The maximum absolute atomic E-state index is 12.7. The molecule has 0 bridgehead atoms. The van der Waals surface area contributed by atoms with Crippen LogP contribution in [0.25, 0.3) is 0 Å². The molecule has 6 heteroatoms. The Morgan fingerprint density at radius 2 is 2.18 bits per heavy atom. The minimum Gasteiger partial charge on any atom is -0.480 e. The van der Waals surface area contributed by atoms with Gasteiger partial charge >= 0.3 is 5.97 Å². The van der Waals surface area contributed by atoms with Gasteiger partial charge < -0.3 is 16.6 Å². The minimum absolute atomic E-state index is 0.00977. The summed E-state index contributed by atoms with van der Waals surface area (Å²) in [5.74, 6) is -0.679. The van der Waals surface area contributed by atoms with Gasteiger partial charge in [-0.3, -0.25) is 9.79 Å². The van der Waals surface area contributed by atoms with Crippen molar-refractivity contribution in [3.8, 4) is 0 Å². The van der Waals surface area contributed by atoms with E-state index in [0.29, 0.717) is 24.4 Å². The lowest BCUT2D eigenvalue weighted by Gasteiger charge is -2.19. The molecule has 0 rings (SSSR count). The molecule has 17 heavy (non-hydrogen) atoms. The molecule has 98 valence electrons. The van der Waals surface area contributed by atoms with E-state index in [4.69, 9.17) is 16.6 Å². The second-order valence-corrected chi connectivity index (χ2v) is 4.21. The number of nitrogens with two attached hydrogens (primary N) is 2. The number of nitrogens with zero attached hydrogens (tertiary/aromatic N) is 1. The summed E-state index contributed by atoms with van der Waals surface area (Å²) in [6, 6.07) is 0. The van der Waals surface area contributed by atoms with Gasteiger partial charge in [0.25, 0.3) is 0 Å². The number of aliphatic imine (C=N–C) groups is 1. The first-order valence-corrected chi connectivity index (χ1v) is 5.32. The molecular formula is C11H20FN3O2. The zero-order valence-corrected chi connectivity index (χ0v) is 10.2. The molecule has 0 aromatic heterocycles. The molecule has 0 saturated carbocycles. The number of rotatable bonds is 7. The van der Waals surface area contributed by atoms with Gasteiger partial charge in [0.05, 0.1) is 5.84 Å². The predicted octanol–water partition coefficient (Wildman–Crippen LogP) is 0.842. The van der Waals surface area contributed by atoms with Crippen LogP contribution in [0.15, 0.2) is 16.6 Å². The van der Waals surface area contributed by atoms with Crippen molar-refractivity contribution >= 4 is 11.8 Å². The first kappa shape index (κ1) is 15.6. The maximum atomic E-state index is 12.7. The van der Waals surface area contributed by atoms with Crippen LogP contribution in [0.3, 0.4) is 0 Å². The number of carboxylic acids is 1. The van der Waals surface area contributed by atoms with E-state index >= 15 is 0 Å². The van der Waals surface area contributed by atoms with Crippen molar-refractivity contribution < 1.29 is 14.3 Å². The number of hydrogen-bond donors (Lipinski definition) is 3. The van der Waals surface area contributed by atoms with E-state index in [-0.39, 0.29) is 6.42 Å². The molecule has 0 aromatic carbocycles. The van der Waals surface area contributed by atoms with Gasteiger partial charge in [-0.1, -0.05) is 6.08 Å². The summed E-state index contributed by atoms with van der Waals surface area (Å²) >= 11 is 0. The van der Waals surface area contributed by atoms with Crippen molar-refractivity contribution in [2.24, 2.45) is 16.5 Å². The van der Waals surface area contributed by atoms with Crippen molar-refractivity contribution in [1.82, 2.24) is 0 Å². The molecule has 0 aromatic rings. The Morgan fingerprint density at radius 3 is 2.59 bits per heavy atom. The molecule has 0 aliphatic heterocycles. The van der Waals surface area contributed by atoms with Crippen LogP contribution in [0, 0.1) is 0 Å². The summed E-state index contributed by atoms with van der Waals surface area (Å²) in [6.45, 7) is 2.79. The van der Waals surface area contributed by atoms with Crippen molar-refractivity contribution in [2.75, 3.05) is 13.2 Å². The number of amidine groups is 1. The van der Waals surface area contributed by atoms with E-state index in [1.807, 2.05) is 0 Å². The summed E-state index contributed by atoms with van der Waals surface area (Å²) in [6.07, 6.45) is 2.13. The largest absolute Gasteiger partial charge is 0.480 e. The lowest BCUT2D eigenvalue weighted by atomic mass is 9.94. The molecule has 0 aliphatic carbocycles. The lowest BCUT2D eigenvalue weighted by Crippen LogP contribution is -2.45. The van der Waals surface area contributed by atoms with Crippen LogP contribution in [0.2, 0.25) is 0 Å². The first-order valence-electron chi connectivity index (χ1n) is 5.32. The Balaban J connectivity index is 4.38. The van der Waals surface area contributed by atoms with E-state index < -0.39 is 18.2 Å². The molecule has 0 saturated heterocycles. The molecule has 1 atom stereocenters. The fourth-order valence-electron chi connectivity index (χ4n) is 1.23. The van der Waals surface area contributed by atoms with Crippen LogP contribution in [-0.2, 0) is 4.79 Å². The number of hydrogen-bond acceptors (Lipinski definition) is 3. The first-order chi connectivity index (χ1) is 7.79. The van der Waals surface area contributed by atoms with Crippen molar-refractivity contribution in [2.45, 2.75) is 32.2 Å². The van der Waals surface area contributed by atoms with Crippen LogP contribution in [0.4, 0.5) is 4.39 Å². The number of carbonyl (C=O) groups is 1. The van der Waals surface area contributed by atoms with Gasteiger partial charge in [-0.25, -0.2) is 4.39 Å². The van der Waals surface area contributed by atoms with E-state index in [0.717, 1.165) is 0 Å². The molecule has 0 unspecified atom stereocenters. The summed E-state index contributed by atoms with van der Waals surface area (Å²) in [7, 11) is 0. The maximum Gasteiger partial charge on any atom is 0.323 e. The third-order valence-electron chi connectivity index (χ3n) is 2.18. The second kappa shape index (κ2) is 7.01. The Kier molecular flexibility index (Phi) is 6.42. The number of alkyl halides is 1. The molecule has 0 amide bonds. The molecule has 5 nitrogen and oxygen atoms in total. The number of aliphatic carboxylic acids is 1. The van der Waals surface area contributed by atoms with Crippen molar-refractivity contribution in [3.05, 3.63) is 11.6 Å². The van der Waals surface area contributed by atoms with Gasteiger partial charge in [0.15, 0.2) is 0 Å². The van der Waals surface area contributed by atoms with E-state index in [1.54, 1.807) is 13.0 Å². The smallest absolute Gasteiger partial charge is 0.323 e.